The molecular weight excluding hydrogens is 188 g/mol. The first-order chi connectivity index (χ1) is 6.86. The van der Waals surface area contributed by atoms with E-state index in [0.29, 0.717) is 0 Å². The summed E-state index contributed by atoms with van der Waals surface area (Å²) in [5.41, 5.74) is -0.229. The van der Waals surface area contributed by atoms with Gasteiger partial charge in [-0.05, 0) is 46.0 Å². The van der Waals surface area contributed by atoms with Gasteiger partial charge in [-0.15, -0.1) is 0 Å². The predicted octanol–water partition coefficient (Wildman–Crippen LogP) is 1.84. The summed E-state index contributed by atoms with van der Waals surface area (Å²) in [6.45, 7) is 9.39. The monoisotopic (exact) mass is 208 g/mol. The Labute approximate surface area is 92.1 Å². The number of piperidine rings is 1. The van der Waals surface area contributed by atoms with Crippen molar-refractivity contribution in [3.63, 3.8) is 0 Å². The second-order valence-corrected chi connectivity index (χ2v) is 5.24. The SMILES string of the molecule is CC(C)(C#N)N1CC2CC2C1.CC(C)=O. The molecule has 2 rings (SSSR count). The fraction of sp³-hybridized carbons (Fsp3) is 0.833. The van der Waals surface area contributed by atoms with E-state index >= 15 is 0 Å². The van der Waals surface area contributed by atoms with E-state index in [1.165, 1.54) is 20.3 Å². The van der Waals surface area contributed by atoms with E-state index in [0.717, 1.165) is 24.9 Å². The molecule has 2 unspecified atom stereocenters. The zero-order chi connectivity index (χ0) is 11.6. The molecule has 0 bridgehead atoms. The zero-order valence-corrected chi connectivity index (χ0v) is 10.1. The summed E-state index contributed by atoms with van der Waals surface area (Å²) in [5, 5.41) is 8.86. The Bertz CT molecular complexity index is 276. The molecule has 0 amide bonds. The molecule has 0 spiro atoms. The van der Waals surface area contributed by atoms with E-state index in [9.17, 15) is 4.79 Å². The number of ketones is 1. The number of nitrogens with zero attached hydrogens (tertiary/aromatic N) is 2. The molecular formula is C12H20N2O. The Kier molecular flexibility index (Phi) is 3.51. The fourth-order valence-corrected chi connectivity index (χ4v) is 1.93. The molecule has 1 saturated carbocycles. The van der Waals surface area contributed by atoms with Crippen LogP contribution in [0.3, 0.4) is 0 Å². The molecule has 0 aromatic rings. The van der Waals surface area contributed by atoms with Gasteiger partial charge in [0, 0.05) is 13.1 Å². The van der Waals surface area contributed by atoms with E-state index in [1.807, 2.05) is 13.8 Å². The van der Waals surface area contributed by atoms with Crippen LogP contribution in [0.15, 0.2) is 0 Å². The normalized spacial score (nSPS) is 28.5. The molecule has 15 heavy (non-hydrogen) atoms. The van der Waals surface area contributed by atoms with Crippen LogP contribution in [0.25, 0.3) is 0 Å². The maximum atomic E-state index is 9.44. The Morgan fingerprint density at radius 3 is 2.07 bits per heavy atom. The second kappa shape index (κ2) is 4.32. The summed E-state index contributed by atoms with van der Waals surface area (Å²) in [6, 6.07) is 2.35. The fourth-order valence-electron chi connectivity index (χ4n) is 1.93. The molecule has 2 fully saturated rings. The van der Waals surface area contributed by atoms with Crippen molar-refractivity contribution in [3.8, 4) is 6.07 Å². The molecule has 84 valence electrons. The third-order valence-electron chi connectivity index (χ3n) is 3.04. The number of carbonyl (C=O) groups is 1. The van der Waals surface area contributed by atoms with Gasteiger partial charge in [-0.1, -0.05) is 0 Å². The van der Waals surface area contributed by atoms with Crippen molar-refractivity contribution in [2.24, 2.45) is 11.8 Å². The Morgan fingerprint density at radius 1 is 1.33 bits per heavy atom. The minimum Gasteiger partial charge on any atom is -0.300 e. The highest BCUT2D eigenvalue weighted by atomic mass is 16.1. The van der Waals surface area contributed by atoms with Crippen LogP contribution in [0.2, 0.25) is 0 Å². The lowest BCUT2D eigenvalue weighted by molar-refractivity contribution is -0.114. The maximum absolute atomic E-state index is 9.44. The molecule has 1 saturated heterocycles. The van der Waals surface area contributed by atoms with E-state index in [4.69, 9.17) is 5.26 Å². The van der Waals surface area contributed by atoms with Gasteiger partial charge in [0.05, 0.1) is 6.07 Å². The number of Topliss-reactive ketones (excluding diaryl/α,β-unsaturated/α-hetero) is 1. The van der Waals surface area contributed by atoms with Crippen LogP contribution in [0.1, 0.15) is 34.1 Å². The molecule has 1 aliphatic heterocycles. The van der Waals surface area contributed by atoms with Crippen molar-refractivity contribution in [1.82, 2.24) is 4.90 Å². The predicted molar refractivity (Wildman–Crippen MR) is 59.2 cm³/mol. The summed E-state index contributed by atoms with van der Waals surface area (Å²) in [4.78, 5) is 11.8. The van der Waals surface area contributed by atoms with Crippen molar-refractivity contribution in [2.45, 2.75) is 39.7 Å². The number of fused-ring (bicyclic) bond motifs is 1. The summed E-state index contributed by atoms with van der Waals surface area (Å²) >= 11 is 0. The molecule has 3 heteroatoms. The average Bonchev–Trinajstić information content (AvgIpc) is 2.72. The van der Waals surface area contributed by atoms with Crippen molar-refractivity contribution in [2.75, 3.05) is 13.1 Å². The van der Waals surface area contributed by atoms with E-state index in [-0.39, 0.29) is 11.3 Å². The highest BCUT2D eigenvalue weighted by Gasteiger charge is 2.48. The molecule has 0 aromatic carbocycles. The first-order valence-electron chi connectivity index (χ1n) is 5.50. The molecule has 2 aliphatic rings. The highest BCUT2D eigenvalue weighted by molar-refractivity contribution is 5.72. The van der Waals surface area contributed by atoms with Gasteiger partial charge >= 0.3 is 0 Å². The lowest BCUT2D eigenvalue weighted by atomic mass is 10.1. The van der Waals surface area contributed by atoms with Crippen LogP contribution in [-0.4, -0.2) is 29.3 Å². The summed E-state index contributed by atoms with van der Waals surface area (Å²) < 4.78 is 0. The molecule has 0 radical (unpaired) electrons. The van der Waals surface area contributed by atoms with Crippen LogP contribution in [-0.2, 0) is 4.79 Å². The number of rotatable bonds is 1. The summed E-state index contributed by atoms with van der Waals surface area (Å²) in [6.07, 6.45) is 1.41. The third kappa shape index (κ3) is 3.32. The molecule has 3 nitrogen and oxygen atoms in total. The molecule has 1 heterocycles. The van der Waals surface area contributed by atoms with E-state index in [1.54, 1.807) is 0 Å². The number of likely N-dealkylation sites (tertiary alicyclic amines) is 1. The highest BCUT2D eigenvalue weighted by Crippen LogP contribution is 2.46. The van der Waals surface area contributed by atoms with E-state index in [2.05, 4.69) is 11.0 Å². The van der Waals surface area contributed by atoms with Crippen LogP contribution in [0.5, 0.6) is 0 Å². The number of hydrogen-bond donors (Lipinski definition) is 0. The van der Waals surface area contributed by atoms with Crippen LogP contribution in [0.4, 0.5) is 0 Å². The van der Waals surface area contributed by atoms with Gasteiger partial charge in [0.25, 0.3) is 0 Å². The molecule has 0 aromatic heterocycles. The van der Waals surface area contributed by atoms with Crippen LogP contribution < -0.4 is 0 Å². The van der Waals surface area contributed by atoms with E-state index < -0.39 is 0 Å². The quantitative estimate of drug-likeness (QED) is 0.660. The minimum atomic E-state index is -0.229. The minimum absolute atomic E-state index is 0.167. The standard InChI is InChI=1S/C9H14N2.C3H6O/c1-9(2,6-10)11-4-7-3-8(7)5-11;1-3(2)4/h7-8H,3-5H2,1-2H3;1-2H3. The van der Waals surface area contributed by atoms with Gasteiger partial charge in [-0.3, -0.25) is 4.90 Å². The van der Waals surface area contributed by atoms with Gasteiger partial charge in [-0.2, -0.15) is 5.26 Å². The first-order valence-corrected chi connectivity index (χ1v) is 5.50. The lowest BCUT2D eigenvalue weighted by Gasteiger charge is -2.29. The van der Waals surface area contributed by atoms with Gasteiger partial charge in [0.1, 0.15) is 11.3 Å². The Hall–Kier alpha value is -0.880. The van der Waals surface area contributed by atoms with Crippen LogP contribution in [0, 0.1) is 23.2 Å². The second-order valence-electron chi connectivity index (χ2n) is 5.24. The number of carbonyl (C=O) groups excluding carboxylic acids is 1. The zero-order valence-electron chi connectivity index (χ0n) is 10.1. The number of nitriles is 1. The molecule has 1 aliphatic carbocycles. The van der Waals surface area contributed by atoms with Crippen molar-refractivity contribution >= 4 is 5.78 Å². The lowest BCUT2D eigenvalue weighted by Crippen LogP contribution is -2.42. The number of hydrogen-bond acceptors (Lipinski definition) is 3. The van der Waals surface area contributed by atoms with Crippen molar-refractivity contribution < 1.29 is 4.79 Å². The van der Waals surface area contributed by atoms with Crippen molar-refractivity contribution in [1.29, 1.82) is 5.26 Å². The van der Waals surface area contributed by atoms with Crippen molar-refractivity contribution in [3.05, 3.63) is 0 Å². The third-order valence-corrected chi connectivity index (χ3v) is 3.04. The maximum Gasteiger partial charge on any atom is 0.126 e. The largest absolute Gasteiger partial charge is 0.300 e. The van der Waals surface area contributed by atoms with Gasteiger partial charge in [-0.25, -0.2) is 0 Å². The summed E-state index contributed by atoms with van der Waals surface area (Å²) in [7, 11) is 0. The molecule has 2 atom stereocenters. The summed E-state index contributed by atoms with van der Waals surface area (Å²) in [5.74, 6) is 2.03. The van der Waals surface area contributed by atoms with Gasteiger partial charge < -0.3 is 4.79 Å². The average molecular weight is 208 g/mol. The Balaban J connectivity index is 0.000000245. The first kappa shape index (κ1) is 12.2. The van der Waals surface area contributed by atoms with Gasteiger partial charge in [0.2, 0.25) is 0 Å². The topological polar surface area (TPSA) is 44.1 Å². The smallest absolute Gasteiger partial charge is 0.126 e. The molecule has 0 N–H and O–H groups in total. The van der Waals surface area contributed by atoms with Gasteiger partial charge in [0.15, 0.2) is 0 Å². The Morgan fingerprint density at radius 2 is 1.73 bits per heavy atom. The van der Waals surface area contributed by atoms with Crippen LogP contribution >= 0.6 is 0 Å².